The maximum Gasteiger partial charge on any atom is 0.321 e. The van der Waals surface area contributed by atoms with Crippen molar-refractivity contribution in [3.8, 4) is 0 Å². The largest absolute Gasteiger partial charge is 0.336 e. The van der Waals surface area contributed by atoms with Gasteiger partial charge in [-0.3, -0.25) is 9.69 Å². The second-order valence-electron chi connectivity index (χ2n) is 6.48. The van der Waals surface area contributed by atoms with Crippen LogP contribution in [-0.4, -0.2) is 40.0 Å². The Balaban J connectivity index is 1.65. The van der Waals surface area contributed by atoms with Crippen LogP contribution in [0.15, 0.2) is 61.2 Å². The fraction of sp³-hybridized carbons (Fsp3) is 0.200. The van der Waals surface area contributed by atoms with Gasteiger partial charge in [-0.1, -0.05) is 24.3 Å². The van der Waals surface area contributed by atoms with Crippen molar-refractivity contribution in [2.45, 2.75) is 5.75 Å². The van der Waals surface area contributed by atoms with Gasteiger partial charge < -0.3 is 10.6 Å². The maximum atomic E-state index is 12.5. The molecule has 9 heteroatoms. The summed E-state index contributed by atoms with van der Waals surface area (Å²) in [6.07, 6.45) is 1.47. The molecule has 8 nitrogen and oxygen atoms in total. The molecular formula is C20H22N4O4S. The summed E-state index contributed by atoms with van der Waals surface area (Å²) in [6.45, 7) is 4.77. The molecule has 1 fully saturated rings. The van der Waals surface area contributed by atoms with Crippen molar-refractivity contribution in [3.05, 3.63) is 72.3 Å². The molecule has 0 radical (unpaired) electrons. The lowest BCUT2D eigenvalue weighted by Gasteiger charge is -2.15. The fourth-order valence-electron chi connectivity index (χ4n) is 2.88. The molecule has 0 aromatic heterocycles. The summed E-state index contributed by atoms with van der Waals surface area (Å²) in [5.41, 5.74) is 2.21. The van der Waals surface area contributed by atoms with Crippen LogP contribution in [0.4, 0.5) is 16.2 Å². The van der Waals surface area contributed by atoms with E-state index in [1.54, 1.807) is 53.4 Å². The maximum absolute atomic E-state index is 12.5. The van der Waals surface area contributed by atoms with Crippen molar-refractivity contribution in [1.29, 1.82) is 0 Å². The van der Waals surface area contributed by atoms with E-state index in [-0.39, 0.29) is 24.2 Å². The van der Waals surface area contributed by atoms with Crippen LogP contribution in [0.2, 0.25) is 0 Å². The molecule has 0 bridgehead atoms. The lowest BCUT2D eigenvalue weighted by atomic mass is 10.1. The number of urea groups is 1. The molecule has 29 heavy (non-hydrogen) atoms. The van der Waals surface area contributed by atoms with Crippen molar-refractivity contribution >= 4 is 33.3 Å². The fourth-order valence-corrected chi connectivity index (χ4v) is 3.98. The predicted octanol–water partition coefficient (Wildman–Crippen LogP) is 2.07. The predicted molar refractivity (Wildman–Crippen MR) is 112 cm³/mol. The molecule has 152 valence electrons. The summed E-state index contributed by atoms with van der Waals surface area (Å²) in [4.78, 5) is 25.9. The molecule has 1 aliphatic rings. The lowest BCUT2D eigenvalue weighted by molar-refractivity contribution is 0.102. The molecule has 2 aromatic carbocycles. The average Bonchev–Trinajstić information content (AvgIpc) is 3.14. The second kappa shape index (κ2) is 8.89. The number of rotatable bonds is 8. The average molecular weight is 414 g/mol. The van der Waals surface area contributed by atoms with Gasteiger partial charge in [0.25, 0.3) is 5.91 Å². The molecule has 1 heterocycles. The molecule has 2 aromatic rings. The highest BCUT2D eigenvalue weighted by Crippen LogP contribution is 2.19. The number of sulfonamides is 1. The third-order valence-electron chi connectivity index (χ3n) is 4.29. The van der Waals surface area contributed by atoms with Crippen LogP contribution in [0.5, 0.6) is 0 Å². The molecule has 0 saturated carbocycles. The van der Waals surface area contributed by atoms with Gasteiger partial charge in [-0.05, 0) is 35.9 Å². The summed E-state index contributed by atoms with van der Waals surface area (Å²) in [5, 5.41) is 5.50. The highest BCUT2D eigenvalue weighted by Gasteiger charge is 2.21. The van der Waals surface area contributed by atoms with Crippen LogP contribution >= 0.6 is 0 Å². The van der Waals surface area contributed by atoms with Crippen molar-refractivity contribution in [2.24, 2.45) is 0 Å². The van der Waals surface area contributed by atoms with E-state index in [2.05, 4.69) is 21.9 Å². The number of anilines is 2. The molecule has 0 unspecified atom stereocenters. The normalized spacial score (nSPS) is 13.8. The van der Waals surface area contributed by atoms with Gasteiger partial charge in [0.15, 0.2) is 0 Å². The number of carbonyl (C=O) groups is 2. The second-order valence-corrected chi connectivity index (χ2v) is 8.29. The first-order valence-corrected chi connectivity index (χ1v) is 10.7. The summed E-state index contributed by atoms with van der Waals surface area (Å²) in [6, 6.07) is 13.2. The van der Waals surface area contributed by atoms with Crippen molar-refractivity contribution < 1.29 is 18.0 Å². The van der Waals surface area contributed by atoms with Gasteiger partial charge in [-0.2, -0.15) is 0 Å². The van der Waals surface area contributed by atoms with Crippen molar-refractivity contribution in [3.63, 3.8) is 0 Å². The Hall–Kier alpha value is -3.17. The van der Waals surface area contributed by atoms with Crippen molar-refractivity contribution in [2.75, 3.05) is 29.9 Å². The Morgan fingerprint density at radius 3 is 2.62 bits per heavy atom. The number of nitrogens with one attached hydrogen (secondary N) is 3. The number of hydrogen-bond donors (Lipinski definition) is 3. The molecule has 0 aliphatic carbocycles. The van der Waals surface area contributed by atoms with Gasteiger partial charge in [0.05, 0.1) is 5.75 Å². The summed E-state index contributed by atoms with van der Waals surface area (Å²) >= 11 is 0. The minimum absolute atomic E-state index is 0.158. The van der Waals surface area contributed by atoms with Gasteiger partial charge in [0, 0.05) is 36.6 Å². The number of benzene rings is 2. The Labute approximate surface area is 169 Å². The van der Waals surface area contributed by atoms with Crippen LogP contribution in [0.25, 0.3) is 0 Å². The Morgan fingerprint density at radius 2 is 1.97 bits per heavy atom. The number of carbonyl (C=O) groups excluding carboxylic acids is 2. The Bertz CT molecular complexity index is 1020. The molecule has 3 amide bonds. The molecule has 0 spiro atoms. The molecular weight excluding hydrogens is 392 g/mol. The quantitative estimate of drug-likeness (QED) is 0.575. The monoisotopic (exact) mass is 414 g/mol. The minimum atomic E-state index is -3.44. The van der Waals surface area contributed by atoms with E-state index in [4.69, 9.17) is 0 Å². The van der Waals surface area contributed by atoms with Crippen LogP contribution in [0.1, 0.15) is 15.9 Å². The van der Waals surface area contributed by atoms with Gasteiger partial charge in [0.2, 0.25) is 10.0 Å². The van der Waals surface area contributed by atoms with Crippen LogP contribution in [-0.2, 0) is 15.8 Å². The van der Waals surface area contributed by atoms with E-state index in [0.29, 0.717) is 35.6 Å². The first-order valence-electron chi connectivity index (χ1n) is 9.02. The molecule has 1 saturated heterocycles. The van der Waals surface area contributed by atoms with Crippen LogP contribution < -0.4 is 20.3 Å². The van der Waals surface area contributed by atoms with E-state index in [1.807, 2.05) is 0 Å². The molecule has 3 N–H and O–H groups in total. The van der Waals surface area contributed by atoms with Crippen LogP contribution in [0.3, 0.4) is 0 Å². The molecule has 0 atom stereocenters. The zero-order chi connectivity index (χ0) is 20.9. The Morgan fingerprint density at radius 1 is 1.21 bits per heavy atom. The summed E-state index contributed by atoms with van der Waals surface area (Å²) in [7, 11) is -3.44. The van der Waals surface area contributed by atoms with Crippen molar-refractivity contribution in [1.82, 2.24) is 10.0 Å². The van der Waals surface area contributed by atoms with Gasteiger partial charge in [-0.25, -0.2) is 17.9 Å². The lowest BCUT2D eigenvalue weighted by Crippen LogP contribution is -2.27. The summed E-state index contributed by atoms with van der Waals surface area (Å²) < 4.78 is 26.2. The highest BCUT2D eigenvalue weighted by molar-refractivity contribution is 7.88. The summed E-state index contributed by atoms with van der Waals surface area (Å²) in [5.74, 6) is -0.478. The number of amides is 3. The molecule has 1 aliphatic heterocycles. The van der Waals surface area contributed by atoms with E-state index in [9.17, 15) is 18.0 Å². The van der Waals surface area contributed by atoms with E-state index in [0.717, 1.165) is 0 Å². The standard InChI is InChI=1S/C20H22N4O4S/c1-2-10-22-29(27,28)14-15-6-8-17(9-7-15)23-19(25)16-4-3-5-18(13-16)24-12-11-21-20(24)26/h2-9,13,22H,1,10-12,14H2,(H,21,26)(H,23,25). The van der Waals surface area contributed by atoms with E-state index >= 15 is 0 Å². The third-order valence-corrected chi connectivity index (χ3v) is 5.61. The van der Waals surface area contributed by atoms with Gasteiger partial charge in [0.1, 0.15) is 0 Å². The Kier molecular flexibility index (Phi) is 6.30. The van der Waals surface area contributed by atoms with Gasteiger partial charge >= 0.3 is 6.03 Å². The zero-order valence-electron chi connectivity index (χ0n) is 15.7. The minimum Gasteiger partial charge on any atom is -0.336 e. The SMILES string of the molecule is C=CCNS(=O)(=O)Cc1ccc(NC(=O)c2cccc(N3CCNC3=O)c2)cc1. The first kappa shape index (κ1) is 20.6. The topological polar surface area (TPSA) is 108 Å². The van der Waals surface area contributed by atoms with E-state index < -0.39 is 10.0 Å². The highest BCUT2D eigenvalue weighted by atomic mass is 32.2. The van der Waals surface area contributed by atoms with Gasteiger partial charge in [-0.15, -0.1) is 6.58 Å². The smallest absolute Gasteiger partial charge is 0.321 e. The number of hydrogen-bond acceptors (Lipinski definition) is 4. The van der Waals surface area contributed by atoms with E-state index in [1.165, 1.54) is 6.08 Å². The molecule has 3 rings (SSSR count). The zero-order valence-corrected chi connectivity index (χ0v) is 16.5. The number of nitrogens with zero attached hydrogens (tertiary/aromatic N) is 1. The first-order chi connectivity index (χ1) is 13.9. The third kappa shape index (κ3) is 5.43. The van der Waals surface area contributed by atoms with Crippen LogP contribution in [0, 0.1) is 0 Å².